The van der Waals surface area contributed by atoms with Gasteiger partial charge in [-0.3, -0.25) is 14.6 Å². The SMILES string of the molecule is O=C(CN1CCC(CCN2CCOCC2)CC1)Nc1cc(Cl)ccc1-n1cncn1. The summed E-state index contributed by atoms with van der Waals surface area (Å²) < 4.78 is 7.04. The maximum atomic E-state index is 12.7. The third kappa shape index (κ3) is 5.78. The summed E-state index contributed by atoms with van der Waals surface area (Å²) >= 11 is 6.14. The van der Waals surface area contributed by atoms with Crippen LogP contribution in [0.1, 0.15) is 19.3 Å². The largest absolute Gasteiger partial charge is 0.379 e. The number of piperidine rings is 1. The van der Waals surface area contributed by atoms with E-state index in [1.165, 1.54) is 12.7 Å². The van der Waals surface area contributed by atoms with Gasteiger partial charge in [-0.15, -0.1) is 0 Å². The van der Waals surface area contributed by atoms with Crippen LogP contribution in [0.4, 0.5) is 5.69 Å². The fourth-order valence-corrected chi connectivity index (χ4v) is 4.33. The molecule has 0 aliphatic carbocycles. The molecule has 1 aromatic heterocycles. The van der Waals surface area contributed by atoms with Crippen molar-refractivity contribution >= 4 is 23.2 Å². The first-order valence-corrected chi connectivity index (χ1v) is 11.0. The summed E-state index contributed by atoms with van der Waals surface area (Å²) in [6.07, 6.45) is 6.60. The van der Waals surface area contributed by atoms with Gasteiger partial charge < -0.3 is 10.1 Å². The number of nitrogens with one attached hydrogen (secondary N) is 1. The molecule has 30 heavy (non-hydrogen) atoms. The molecule has 0 atom stereocenters. The summed E-state index contributed by atoms with van der Waals surface area (Å²) in [5, 5.41) is 7.71. The molecule has 1 aromatic carbocycles. The van der Waals surface area contributed by atoms with Gasteiger partial charge in [0.05, 0.1) is 31.1 Å². The van der Waals surface area contributed by atoms with E-state index in [4.69, 9.17) is 16.3 Å². The number of rotatable bonds is 7. The summed E-state index contributed by atoms with van der Waals surface area (Å²) in [5.74, 6) is 0.712. The summed E-state index contributed by atoms with van der Waals surface area (Å²) in [6.45, 7) is 7.31. The Balaban J connectivity index is 1.24. The van der Waals surface area contributed by atoms with Gasteiger partial charge in [0.2, 0.25) is 5.91 Å². The highest BCUT2D eigenvalue weighted by Crippen LogP contribution is 2.25. The quantitative estimate of drug-likeness (QED) is 0.723. The van der Waals surface area contributed by atoms with Crippen molar-refractivity contribution in [2.24, 2.45) is 5.92 Å². The molecule has 1 N–H and O–H groups in total. The van der Waals surface area contributed by atoms with E-state index >= 15 is 0 Å². The molecule has 2 aromatic rings. The van der Waals surface area contributed by atoms with Gasteiger partial charge in [0.25, 0.3) is 0 Å². The van der Waals surface area contributed by atoms with Crippen LogP contribution in [0, 0.1) is 5.92 Å². The van der Waals surface area contributed by atoms with Crippen molar-refractivity contribution < 1.29 is 9.53 Å². The predicted molar refractivity (Wildman–Crippen MR) is 116 cm³/mol. The van der Waals surface area contributed by atoms with Crippen LogP contribution >= 0.6 is 11.6 Å². The first-order valence-electron chi connectivity index (χ1n) is 10.6. The Morgan fingerprint density at radius 2 is 1.97 bits per heavy atom. The van der Waals surface area contributed by atoms with Crippen LogP contribution in [0.25, 0.3) is 5.69 Å². The predicted octanol–water partition coefficient (Wildman–Crippen LogP) is 2.29. The van der Waals surface area contributed by atoms with Crippen molar-refractivity contribution in [3.05, 3.63) is 35.9 Å². The number of aromatic nitrogens is 3. The normalized spacial score (nSPS) is 19.1. The van der Waals surface area contributed by atoms with Gasteiger partial charge in [0.15, 0.2) is 0 Å². The second-order valence-electron chi connectivity index (χ2n) is 8.01. The number of halogens is 1. The Labute approximate surface area is 182 Å². The number of anilines is 1. The first kappa shape index (κ1) is 21.2. The molecule has 8 nitrogen and oxygen atoms in total. The fraction of sp³-hybridized carbons (Fsp3) is 0.571. The summed E-state index contributed by atoms with van der Waals surface area (Å²) in [4.78, 5) is 21.4. The Bertz CT molecular complexity index is 817. The monoisotopic (exact) mass is 432 g/mol. The highest BCUT2D eigenvalue weighted by molar-refractivity contribution is 6.31. The smallest absolute Gasteiger partial charge is 0.238 e. The number of hydrogen-bond donors (Lipinski definition) is 1. The zero-order valence-electron chi connectivity index (χ0n) is 17.2. The average Bonchev–Trinajstić information content (AvgIpc) is 3.29. The number of carbonyl (C=O) groups is 1. The molecule has 1 amide bonds. The van der Waals surface area contributed by atoms with Gasteiger partial charge in [-0.1, -0.05) is 11.6 Å². The lowest BCUT2D eigenvalue weighted by atomic mass is 9.93. The average molecular weight is 433 g/mol. The summed E-state index contributed by atoms with van der Waals surface area (Å²) in [5.41, 5.74) is 1.38. The number of amides is 1. The number of likely N-dealkylation sites (tertiary alicyclic amines) is 1. The number of hydrogen-bond acceptors (Lipinski definition) is 6. The minimum Gasteiger partial charge on any atom is -0.379 e. The van der Waals surface area contributed by atoms with E-state index in [1.807, 2.05) is 6.07 Å². The van der Waals surface area contributed by atoms with Gasteiger partial charge >= 0.3 is 0 Å². The van der Waals surface area contributed by atoms with Gasteiger partial charge in [0.1, 0.15) is 12.7 Å². The standard InChI is InChI=1S/C21H29ClN6O2/c22-18-1-2-20(28-16-23-15-24-28)19(13-18)25-21(29)14-27-7-4-17(5-8-27)3-6-26-9-11-30-12-10-26/h1-2,13,15-17H,3-12,14H2,(H,25,29). The van der Waals surface area contributed by atoms with E-state index in [2.05, 4.69) is 25.2 Å². The zero-order valence-corrected chi connectivity index (χ0v) is 17.9. The molecule has 2 saturated heterocycles. The highest BCUT2D eigenvalue weighted by Gasteiger charge is 2.22. The molecule has 0 bridgehead atoms. The highest BCUT2D eigenvalue weighted by atomic mass is 35.5. The lowest BCUT2D eigenvalue weighted by Crippen LogP contribution is -2.41. The van der Waals surface area contributed by atoms with Gasteiger partial charge in [-0.2, -0.15) is 5.10 Å². The summed E-state index contributed by atoms with van der Waals surface area (Å²) in [6, 6.07) is 5.34. The second kappa shape index (κ2) is 10.3. The van der Waals surface area contributed by atoms with Crippen LogP contribution < -0.4 is 5.32 Å². The Hall–Kier alpha value is -2.00. The topological polar surface area (TPSA) is 75.5 Å². The van der Waals surface area contributed by atoms with Gasteiger partial charge in [-0.05, 0) is 63.0 Å². The Kier molecular flexibility index (Phi) is 7.33. The van der Waals surface area contributed by atoms with Crippen LogP contribution in [0.2, 0.25) is 5.02 Å². The van der Waals surface area contributed by atoms with E-state index in [9.17, 15) is 4.79 Å². The van der Waals surface area contributed by atoms with E-state index in [0.29, 0.717) is 17.3 Å². The van der Waals surface area contributed by atoms with Crippen LogP contribution in [0.5, 0.6) is 0 Å². The molecule has 0 unspecified atom stereocenters. The number of nitrogens with zero attached hydrogens (tertiary/aromatic N) is 5. The summed E-state index contributed by atoms with van der Waals surface area (Å²) in [7, 11) is 0. The molecule has 0 spiro atoms. The molecule has 2 aliphatic heterocycles. The van der Waals surface area contributed by atoms with Crippen molar-refractivity contribution in [3.63, 3.8) is 0 Å². The van der Waals surface area contributed by atoms with E-state index in [-0.39, 0.29) is 5.91 Å². The van der Waals surface area contributed by atoms with Crippen LogP contribution in [0.3, 0.4) is 0 Å². The van der Waals surface area contributed by atoms with Crippen molar-refractivity contribution in [3.8, 4) is 5.69 Å². The van der Waals surface area contributed by atoms with Crippen molar-refractivity contribution in [1.82, 2.24) is 24.6 Å². The van der Waals surface area contributed by atoms with Crippen LogP contribution in [-0.4, -0.2) is 83.0 Å². The lowest BCUT2D eigenvalue weighted by molar-refractivity contribution is -0.117. The molecule has 2 aliphatic rings. The van der Waals surface area contributed by atoms with E-state index in [0.717, 1.165) is 70.4 Å². The van der Waals surface area contributed by atoms with E-state index < -0.39 is 0 Å². The lowest BCUT2D eigenvalue weighted by Gasteiger charge is -2.33. The fourth-order valence-electron chi connectivity index (χ4n) is 4.16. The third-order valence-corrected chi connectivity index (χ3v) is 6.17. The second-order valence-corrected chi connectivity index (χ2v) is 8.45. The molecule has 3 heterocycles. The van der Waals surface area contributed by atoms with Gasteiger partial charge in [-0.25, -0.2) is 9.67 Å². The molecule has 4 rings (SSSR count). The van der Waals surface area contributed by atoms with Crippen LogP contribution in [-0.2, 0) is 9.53 Å². The molecule has 0 saturated carbocycles. The number of carbonyl (C=O) groups excluding carboxylic acids is 1. The molecule has 9 heteroatoms. The first-order chi connectivity index (χ1) is 14.7. The minimum absolute atomic E-state index is 0.0367. The minimum atomic E-state index is -0.0367. The number of morpholine rings is 1. The van der Waals surface area contributed by atoms with Crippen molar-refractivity contribution in [2.45, 2.75) is 19.3 Å². The Morgan fingerprint density at radius 1 is 1.17 bits per heavy atom. The van der Waals surface area contributed by atoms with Crippen molar-refractivity contribution in [2.75, 3.05) is 57.8 Å². The molecular weight excluding hydrogens is 404 g/mol. The molecular formula is C21H29ClN6O2. The molecule has 162 valence electrons. The molecule has 0 radical (unpaired) electrons. The zero-order chi connectivity index (χ0) is 20.8. The maximum Gasteiger partial charge on any atom is 0.238 e. The van der Waals surface area contributed by atoms with E-state index in [1.54, 1.807) is 23.1 Å². The third-order valence-electron chi connectivity index (χ3n) is 5.93. The maximum absolute atomic E-state index is 12.7. The van der Waals surface area contributed by atoms with Crippen LogP contribution in [0.15, 0.2) is 30.9 Å². The Morgan fingerprint density at radius 3 is 2.70 bits per heavy atom. The van der Waals surface area contributed by atoms with Gasteiger partial charge in [0, 0.05) is 18.1 Å². The number of ether oxygens (including phenoxy) is 1. The molecule has 2 fully saturated rings. The number of benzene rings is 1. The van der Waals surface area contributed by atoms with Crippen molar-refractivity contribution in [1.29, 1.82) is 0 Å².